The lowest BCUT2D eigenvalue weighted by Crippen LogP contribution is -2.56. The fraction of sp³-hybridized carbons (Fsp3) is 1.00. The maximum absolute atomic E-state index is 6.27. The second-order valence-corrected chi connectivity index (χ2v) is 25.1. The highest BCUT2D eigenvalue weighted by molar-refractivity contribution is 7.13. The van der Waals surface area contributed by atoms with E-state index in [2.05, 4.69) is 39.3 Å². The number of hydrogen-bond acceptors (Lipinski definition) is 4. The zero-order valence-corrected chi connectivity index (χ0v) is 19.7. The van der Waals surface area contributed by atoms with Gasteiger partial charge < -0.3 is 16.5 Å². The minimum Gasteiger partial charge on any atom is -0.437 e. The van der Waals surface area contributed by atoms with E-state index in [0.29, 0.717) is 0 Å². The topological polar surface area (TPSA) is 36.9 Å². The molecule has 0 aliphatic heterocycles. The van der Waals surface area contributed by atoms with Gasteiger partial charge in [0.2, 0.25) is 0 Å². The largest absolute Gasteiger partial charge is 0.437 e. The maximum atomic E-state index is 6.27. The standard InChI is InChI=1S/C10H30BO4Si5/c1-16(12-17(2,3)4)13-20(10,11)15-19(8,9)14-18(5,6)7/h1-10H3. The summed E-state index contributed by atoms with van der Waals surface area (Å²) in [7, 11) is -3.29. The molecule has 4 nitrogen and oxygen atoms in total. The fourth-order valence-corrected chi connectivity index (χ4v) is 19.2. The first kappa shape index (κ1) is 21.0. The van der Waals surface area contributed by atoms with Crippen molar-refractivity contribution < 1.29 is 16.5 Å². The summed E-state index contributed by atoms with van der Waals surface area (Å²) in [4.78, 5) is 0. The van der Waals surface area contributed by atoms with Gasteiger partial charge in [-0.3, -0.25) is 0 Å². The highest BCUT2D eigenvalue weighted by Gasteiger charge is 2.40. The molecule has 0 saturated heterocycles. The Bertz CT molecular complexity index is 314. The molecular formula is C10H30BO4Si5. The molecule has 1 atom stereocenters. The molecule has 0 spiro atoms. The van der Waals surface area contributed by atoms with Crippen molar-refractivity contribution in [2.24, 2.45) is 0 Å². The monoisotopic (exact) mass is 365 g/mol. The lowest BCUT2D eigenvalue weighted by atomic mass is 10.8. The fourth-order valence-electron chi connectivity index (χ4n) is 2.00. The minimum absolute atomic E-state index is 1.37. The zero-order valence-electron chi connectivity index (χ0n) is 14.7. The smallest absolute Gasteiger partial charge is 0.360 e. The molecule has 0 aliphatic rings. The molecule has 0 N–H and O–H groups in total. The van der Waals surface area contributed by atoms with Crippen molar-refractivity contribution in [2.45, 2.75) is 65.5 Å². The van der Waals surface area contributed by atoms with Gasteiger partial charge in [-0.05, 0) is 65.5 Å². The van der Waals surface area contributed by atoms with Gasteiger partial charge in [0, 0.05) is 0 Å². The van der Waals surface area contributed by atoms with E-state index in [1.54, 1.807) is 0 Å². The minimum atomic E-state index is -2.70. The molecule has 0 aromatic rings. The van der Waals surface area contributed by atoms with Gasteiger partial charge in [-0.25, -0.2) is 0 Å². The summed E-state index contributed by atoms with van der Waals surface area (Å²) in [6.45, 7) is 20.8. The molecule has 3 radical (unpaired) electrons. The quantitative estimate of drug-likeness (QED) is 0.619. The maximum Gasteiger partial charge on any atom is 0.360 e. The third kappa shape index (κ3) is 11.6. The molecule has 0 aromatic heterocycles. The van der Waals surface area contributed by atoms with Crippen LogP contribution in [0.25, 0.3) is 0 Å². The third-order valence-corrected chi connectivity index (χ3v) is 16.2. The summed E-state index contributed by atoms with van der Waals surface area (Å²) < 4.78 is 24.2. The van der Waals surface area contributed by atoms with Crippen LogP contribution in [0.1, 0.15) is 0 Å². The van der Waals surface area contributed by atoms with Gasteiger partial charge in [0.25, 0.3) is 8.43 Å². The molecule has 0 heterocycles. The first-order valence-corrected chi connectivity index (χ1v) is 20.8. The Morgan fingerprint density at radius 1 is 0.700 bits per heavy atom. The molecule has 0 aromatic carbocycles. The first-order chi connectivity index (χ1) is 8.52. The SMILES string of the molecule is [B][Si](C)(O[Si](C)O[Si](C)(C)C)O[Si](C)(C)O[Si](C)(C)C. The third-order valence-electron chi connectivity index (χ3n) is 1.80. The predicted molar refractivity (Wildman–Crippen MR) is 97.5 cm³/mol. The molecule has 0 saturated carbocycles. The Hall–Kier alpha value is 0.989. The van der Waals surface area contributed by atoms with E-state index < -0.39 is 42.9 Å². The van der Waals surface area contributed by atoms with Crippen molar-refractivity contribution in [3.63, 3.8) is 0 Å². The van der Waals surface area contributed by atoms with E-state index in [1.165, 1.54) is 0 Å². The van der Waals surface area contributed by atoms with Gasteiger partial charge in [-0.15, -0.1) is 0 Å². The van der Waals surface area contributed by atoms with Crippen LogP contribution in [0, 0.1) is 0 Å². The van der Waals surface area contributed by atoms with E-state index in [1.807, 2.05) is 26.2 Å². The van der Waals surface area contributed by atoms with Crippen LogP contribution < -0.4 is 0 Å². The summed E-state index contributed by atoms with van der Waals surface area (Å²) in [5.41, 5.74) is 0. The first-order valence-electron chi connectivity index (χ1n) is 6.92. The lowest BCUT2D eigenvalue weighted by Gasteiger charge is -2.38. The average Bonchev–Trinajstić information content (AvgIpc) is 1.86. The van der Waals surface area contributed by atoms with E-state index in [0.717, 1.165) is 0 Å². The van der Waals surface area contributed by atoms with E-state index >= 15 is 0 Å². The van der Waals surface area contributed by atoms with Gasteiger partial charge in [0.15, 0.2) is 16.6 Å². The Labute approximate surface area is 132 Å². The summed E-state index contributed by atoms with van der Waals surface area (Å²) in [5.74, 6) is 0. The van der Waals surface area contributed by atoms with Gasteiger partial charge in [0.1, 0.15) is 7.44 Å². The number of hydrogen-bond donors (Lipinski definition) is 0. The normalized spacial score (nSPS) is 17.4. The van der Waals surface area contributed by atoms with E-state index in [9.17, 15) is 0 Å². The zero-order chi connectivity index (χ0) is 16.4. The number of rotatable bonds is 8. The summed E-state index contributed by atoms with van der Waals surface area (Å²) >= 11 is 0. The molecule has 0 rings (SSSR count). The van der Waals surface area contributed by atoms with Crippen LogP contribution in [0.15, 0.2) is 0 Å². The van der Waals surface area contributed by atoms with Gasteiger partial charge in [-0.2, -0.15) is 0 Å². The van der Waals surface area contributed by atoms with Crippen molar-refractivity contribution in [1.29, 1.82) is 0 Å². The Morgan fingerprint density at radius 3 is 1.50 bits per heavy atom. The molecule has 20 heavy (non-hydrogen) atoms. The highest BCUT2D eigenvalue weighted by atomic mass is 28.5. The van der Waals surface area contributed by atoms with Crippen LogP contribution in [-0.4, -0.2) is 50.3 Å². The lowest BCUT2D eigenvalue weighted by molar-refractivity contribution is 0.324. The molecular weight excluding hydrogens is 335 g/mol. The van der Waals surface area contributed by atoms with Crippen LogP contribution in [-0.2, 0) is 16.5 Å². The molecule has 10 heteroatoms. The van der Waals surface area contributed by atoms with Crippen LogP contribution in [0.4, 0.5) is 0 Å². The van der Waals surface area contributed by atoms with Crippen LogP contribution in [0.3, 0.4) is 0 Å². The summed E-state index contributed by atoms with van der Waals surface area (Å²) in [6, 6.07) is 0. The van der Waals surface area contributed by atoms with Crippen molar-refractivity contribution in [3.8, 4) is 0 Å². The molecule has 0 bridgehead atoms. The second-order valence-electron chi connectivity index (χ2n) is 7.54. The van der Waals surface area contributed by atoms with Crippen LogP contribution in [0.5, 0.6) is 0 Å². The summed E-state index contributed by atoms with van der Waals surface area (Å²) in [5, 5.41) is 0. The molecule has 0 amide bonds. The Morgan fingerprint density at radius 2 is 1.15 bits per heavy atom. The Balaban J connectivity index is 4.58. The Kier molecular flexibility index (Phi) is 7.39. The van der Waals surface area contributed by atoms with Crippen molar-refractivity contribution in [2.75, 3.05) is 0 Å². The van der Waals surface area contributed by atoms with Gasteiger partial charge in [0.05, 0.1) is 0 Å². The van der Waals surface area contributed by atoms with E-state index in [-0.39, 0.29) is 0 Å². The van der Waals surface area contributed by atoms with E-state index in [4.69, 9.17) is 23.9 Å². The van der Waals surface area contributed by atoms with Crippen molar-refractivity contribution in [1.82, 2.24) is 0 Å². The van der Waals surface area contributed by atoms with Crippen LogP contribution in [0.2, 0.25) is 65.5 Å². The van der Waals surface area contributed by atoms with Crippen molar-refractivity contribution in [3.05, 3.63) is 0 Å². The molecule has 0 fully saturated rings. The predicted octanol–water partition coefficient (Wildman–Crippen LogP) is 3.28. The average molecular weight is 366 g/mol. The van der Waals surface area contributed by atoms with Gasteiger partial charge >= 0.3 is 17.8 Å². The van der Waals surface area contributed by atoms with Crippen LogP contribution >= 0.6 is 0 Å². The van der Waals surface area contributed by atoms with Crippen molar-refractivity contribution >= 4 is 50.3 Å². The second kappa shape index (κ2) is 7.04. The highest BCUT2D eigenvalue weighted by Crippen LogP contribution is 2.20. The molecule has 1 unspecified atom stereocenters. The summed E-state index contributed by atoms with van der Waals surface area (Å²) in [6.07, 6.45) is 0. The van der Waals surface area contributed by atoms with Gasteiger partial charge in [-0.1, -0.05) is 0 Å². The molecule has 0 aliphatic carbocycles. The molecule has 117 valence electrons.